The number of hydrogen-bond acceptors (Lipinski definition) is 3. The van der Waals surface area contributed by atoms with E-state index in [9.17, 15) is 9.18 Å². The van der Waals surface area contributed by atoms with E-state index in [0.29, 0.717) is 31.3 Å². The highest BCUT2D eigenvalue weighted by molar-refractivity contribution is 6.32. The van der Waals surface area contributed by atoms with Gasteiger partial charge in [0.1, 0.15) is 11.6 Å². The highest BCUT2D eigenvalue weighted by Crippen LogP contribution is 2.26. The largest absolute Gasteiger partial charge is 0.479 e. The number of hydrogen-bond donors (Lipinski definition) is 1. The standard InChI is InChI=1S/C15H20ClFN2O2/c1-10(21-14-3-2-12(17)8-13(14)16)15(20)19-6-4-11(9-18)5-7-19/h2-3,8,10-11H,4-7,9,18H2,1H3/t10-/m1/s1. The summed E-state index contributed by atoms with van der Waals surface area (Å²) in [6.45, 7) is 3.74. The van der Waals surface area contributed by atoms with Gasteiger partial charge in [-0.25, -0.2) is 4.39 Å². The Balaban J connectivity index is 1.93. The Morgan fingerprint density at radius 1 is 1.52 bits per heavy atom. The average Bonchev–Trinajstić information content (AvgIpc) is 2.49. The maximum absolute atomic E-state index is 13.0. The molecule has 0 unspecified atom stereocenters. The van der Waals surface area contributed by atoms with Gasteiger partial charge in [0.2, 0.25) is 0 Å². The van der Waals surface area contributed by atoms with Crippen LogP contribution in [-0.2, 0) is 4.79 Å². The molecule has 2 N–H and O–H groups in total. The Labute approximate surface area is 129 Å². The Hall–Kier alpha value is -1.33. The van der Waals surface area contributed by atoms with Crippen molar-refractivity contribution in [2.75, 3.05) is 19.6 Å². The monoisotopic (exact) mass is 314 g/mol. The van der Waals surface area contributed by atoms with Crippen molar-refractivity contribution in [2.24, 2.45) is 11.7 Å². The van der Waals surface area contributed by atoms with Crippen LogP contribution in [0.4, 0.5) is 4.39 Å². The first-order valence-electron chi connectivity index (χ1n) is 7.12. The molecule has 2 rings (SSSR count). The minimum atomic E-state index is -0.651. The van der Waals surface area contributed by atoms with Crippen LogP contribution in [0.25, 0.3) is 0 Å². The molecular formula is C15H20ClFN2O2. The molecule has 1 amide bonds. The number of ether oxygens (including phenoxy) is 1. The van der Waals surface area contributed by atoms with Crippen molar-refractivity contribution in [2.45, 2.75) is 25.9 Å². The predicted molar refractivity (Wildman–Crippen MR) is 79.9 cm³/mol. The van der Waals surface area contributed by atoms with Crippen LogP contribution in [0.5, 0.6) is 5.75 Å². The molecule has 0 radical (unpaired) electrons. The maximum atomic E-state index is 13.0. The molecule has 0 spiro atoms. The summed E-state index contributed by atoms with van der Waals surface area (Å²) in [5.74, 6) is 0.300. The van der Waals surface area contributed by atoms with Crippen LogP contribution in [0.15, 0.2) is 18.2 Å². The van der Waals surface area contributed by atoms with Crippen molar-refractivity contribution in [1.82, 2.24) is 4.90 Å². The maximum Gasteiger partial charge on any atom is 0.263 e. The van der Waals surface area contributed by atoms with Crippen LogP contribution >= 0.6 is 11.6 Å². The zero-order chi connectivity index (χ0) is 15.4. The molecule has 1 aromatic carbocycles. The number of amides is 1. The number of nitrogens with two attached hydrogens (primary N) is 1. The fraction of sp³-hybridized carbons (Fsp3) is 0.533. The van der Waals surface area contributed by atoms with Crippen molar-refractivity contribution in [1.29, 1.82) is 0 Å². The van der Waals surface area contributed by atoms with Crippen molar-refractivity contribution in [3.63, 3.8) is 0 Å². The second kappa shape index (κ2) is 7.09. The van der Waals surface area contributed by atoms with E-state index in [4.69, 9.17) is 22.1 Å². The first kappa shape index (κ1) is 16.0. The number of carbonyl (C=O) groups excluding carboxylic acids is 1. The third kappa shape index (κ3) is 4.08. The molecule has 1 saturated heterocycles. The van der Waals surface area contributed by atoms with Crippen molar-refractivity contribution < 1.29 is 13.9 Å². The quantitative estimate of drug-likeness (QED) is 0.928. The topological polar surface area (TPSA) is 55.6 Å². The highest BCUT2D eigenvalue weighted by Gasteiger charge is 2.26. The van der Waals surface area contributed by atoms with E-state index in [0.717, 1.165) is 12.8 Å². The summed E-state index contributed by atoms with van der Waals surface area (Å²) in [7, 11) is 0. The number of rotatable bonds is 4. The molecule has 1 fully saturated rings. The minimum absolute atomic E-state index is 0.0779. The van der Waals surface area contributed by atoms with Gasteiger partial charge in [-0.15, -0.1) is 0 Å². The van der Waals surface area contributed by atoms with Gasteiger partial charge in [-0.05, 0) is 50.4 Å². The minimum Gasteiger partial charge on any atom is -0.479 e. The number of likely N-dealkylation sites (tertiary alicyclic amines) is 1. The molecule has 21 heavy (non-hydrogen) atoms. The number of carbonyl (C=O) groups is 1. The second-order valence-electron chi connectivity index (χ2n) is 5.34. The lowest BCUT2D eigenvalue weighted by atomic mass is 9.97. The lowest BCUT2D eigenvalue weighted by Gasteiger charge is -2.33. The molecule has 1 atom stereocenters. The van der Waals surface area contributed by atoms with Gasteiger partial charge in [0.15, 0.2) is 6.10 Å². The fourth-order valence-corrected chi connectivity index (χ4v) is 2.67. The van der Waals surface area contributed by atoms with E-state index in [1.54, 1.807) is 11.8 Å². The molecule has 1 aliphatic heterocycles. The van der Waals surface area contributed by atoms with Gasteiger partial charge in [-0.2, -0.15) is 0 Å². The fourth-order valence-electron chi connectivity index (χ4n) is 2.46. The van der Waals surface area contributed by atoms with Gasteiger partial charge >= 0.3 is 0 Å². The summed E-state index contributed by atoms with van der Waals surface area (Å²) in [5.41, 5.74) is 5.64. The van der Waals surface area contributed by atoms with E-state index in [1.807, 2.05) is 0 Å². The SMILES string of the molecule is C[C@@H](Oc1ccc(F)cc1Cl)C(=O)N1CCC(CN)CC1. The molecule has 116 valence electrons. The van der Waals surface area contributed by atoms with Gasteiger partial charge in [0, 0.05) is 13.1 Å². The van der Waals surface area contributed by atoms with Gasteiger partial charge in [-0.1, -0.05) is 11.6 Å². The Kier molecular flexibility index (Phi) is 5.42. The first-order valence-corrected chi connectivity index (χ1v) is 7.49. The van der Waals surface area contributed by atoms with Crippen LogP contribution in [0.1, 0.15) is 19.8 Å². The van der Waals surface area contributed by atoms with Crippen LogP contribution in [-0.4, -0.2) is 36.5 Å². The summed E-state index contributed by atoms with van der Waals surface area (Å²) < 4.78 is 18.5. The van der Waals surface area contributed by atoms with Gasteiger partial charge in [0.05, 0.1) is 5.02 Å². The van der Waals surface area contributed by atoms with Crippen LogP contribution in [0.2, 0.25) is 5.02 Å². The summed E-state index contributed by atoms with van der Waals surface area (Å²) in [6.07, 6.45) is 1.20. The summed E-state index contributed by atoms with van der Waals surface area (Å²) in [6, 6.07) is 3.86. The van der Waals surface area contributed by atoms with Crippen molar-refractivity contribution >= 4 is 17.5 Å². The van der Waals surface area contributed by atoms with Gasteiger partial charge in [0.25, 0.3) is 5.91 Å². The number of piperidine rings is 1. The van der Waals surface area contributed by atoms with Crippen LogP contribution in [0.3, 0.4) is 0 Å². The molecule has 4 nitrogen and oxygen atoms in total. The number of nitrogens with zero attached hydrogens (tertiary/aromatic N) is 1. The zero-order valence-electron chi connectivity index (χ0n) is 12.0. The van der Waals surface area contributed by atoms with E-state index < -0.39 is 11.9 Å². The first-order chi connectivity index (χ1) is 10.0. The molecule has 1 aliphatic rings. The van der Waals surface area contributed by atoms with Gasteiger partial charge < -0.3 is 15.4 Å². The molecular weight excluding hydrogens is 295 g/mol. The van der Waals surface area contributed by atoms with Crippen molar-refractivity contribution in [3.8, 4) is 5.75 Å². The third-order valence-electron chi connectivity index (χ3n) is 3.80. The third-order valence-corrected chi connectivity index (χ3v) is 4.10. The summed E-state index contributed by atoms with van der Waals surface area (Å²) >= 11 is 5.90. The molecule has 1 heterocycles. The molecule has 1 aromatic rings. The number of halogens is 2. The van der Waals surface area contributed by atoms with E-state index in [1.165, 1.54) is 18.2 Å². The van der Waals surface area contributed by atoms with Crippen LogP contribution in [0, 0.1) is 11.7 Å². The van der Waals surface area contributed by atoms with E-state index in [-0.39, 0.29) is 10.9 Å². The molecule has 0 aliphatic carbocycles. The van der Waals surface area contributed by atoms with Crippen molar-refractivity contribution in [3.05, 3.63) is 29.0 Å². The Morgan fingerprint density at radius 3 is 2.76 bits per heavy atom. The Bertz CT molecular complexity index is 504. The summed E-state index contributed by atoms with van der Waals surface area (Å²) in [4.78, 5) is 14.1. The lowest BCUT2D eigenvalue weighted by Crippen LogP contribution is -2.45. The Morgan fingerprint density at radius 2 is 2.19 bits per heavy atom. The highest BCUT2D eigenvalue weighted by atomic mass is 35.5. The van der Waals surface area contributed by atoms with Gasteiger partial charge in [-0.3, -0.25) is 4.79 Å². The molecule has 6 heteroatoms. The lowest BCUT2D eigenvalue weighted by molar-refractivity contribution is -0.139. The average molecular weight is 315 g/mol. The predicted octanol–water partition coefficient (Wildman–Crippen LogP) is 2.44. The second-order valence-corrected chi connectivity index (χ2v) is 5.75. The van der Waals surface area contributed by atoms with E-state index in [2.05, 4.69) is 0 Å². The van der Waals surface area contributed by atoms with E-state index >= 15 is 0 Å². The molecule has 0 saturated carbocycles. The summed E-state index contributed by atoms with van der Waals surface area (Å²) in [5, 5.41) is 0.163. The smallest absolute Gasteiger partial charge is 0.263 e. The normalized spacial score (nSPS) is 17.6. The van der Waals surface area contributed by atoms with Crippen LogP contribution < -0.4 is 10.5 Å². The molecule has 0 bridgehead atoms. The molecule has 0 aromatic heterocycles. The zero-order valence-corrected chi connectivity index (χ0v) is 12.8. The number of benzene rings is 1.